The molecule has 0 radical (unpaired) electrons. The number of rotatable bonds is 3. The first-order chi connectivity index (χ1) is 13.2. The quantitative estimate of drug-likeness (QED) is 0.773. The molecule has 4 rings (SSSR count). The number of halogens is 1. The lowest BCUT2D eigenvalue weighted by molar-refractivity contribution is 0.0764. The number of hydrogen-bond acceptors (Lipinski definition) is 3. The van der Waals surface area contributed by atoms with E-state index in [2.05, 4.69) is 16.3 Å². The van der Waals surface area contributed by atoms with Crippen molar-refractivity contribution in [3.63, 3.8) is 0 Å². The van der Waals surface area contributed by atoms with E-state index in [9.17, 15) is 9.18 Å². The Morgan fingerprint density at radius 3 is 2.70 bits per heavy atom. The molecule has 5 nitrogen and oxygen atoms in total. The number of carbonyl (C=O) groups is 1. The van der Waals surface area contributed by atoms with Gasteiger partial charge in [-0.25, -0.2) is 4.39 Å². The van der Waals surface area contributed by atoms with E-state index in [1.165, 1.54) is 23.4 Å². The molecule has 1 N–H and O–H groups in total. The van der Waals surface area contributed by atoms with Crippen molar-refractivity contribution in [1.29, 1.82) is 0 Å². The molecule has 0 bridgehead atoms. The van der Waals surface area contributed by atoms with Gasteiger partial charge in [0.2, 0.25) is 0 Å². The number of methoxy groups -OCH3 is 1. The highest BCUT2D eigenvalue weighted by Crippen LogP contribution is 2.26. The SMILES string of the molecule is COc1ccc2c(c1)CCN(C(=O)c1cn[nH]c1-c1ccccc1F)CC2. The highest BCUT2D eigenvalue weighted by atomic mass is 19.1. The zero-order chi connectivity index (χ0) is 18.8. The number of ether oxygens (including phenoxy) is 1. The molecule has 138 valence electrons. The Labute approximate surface area is 156 Å². The molecule has 1 amide bonds. The van der Waals surface area contributed by atoms with E-state index in [1.54, 1.807) is 25.3 Å². The van der Waals surface area contributed by atoms with Crippen LogP contribution in [0.2, 0.25) is 0 Å². The summed E-state index contributed by atoms with van der Waals surface area (Å²) >= 11 is 0. The molecule has 0 saturated heterocycles. The third-order valence-electron chi connectivity index (χ3n) is 5.02. The second-order valence-corrected chi connectivity index (χ2v) is 6.57. The molecule has 1 aliphatic heterocycles. The molecule has 0 saturated carbocycles. The monoisotopic (exact) mass is 365 g/mol. The second kappa shape index (κ2) is 7.23. The van der Waals surface area contributed by atoms with E-state index in [0.717, 1.165) is 18.6 Å². The first-order valence-corrected chi connectivity index (χ1v) is 8.90. The zero-order valence-electron chi connectivity index (χ0n) is 15.0. The molecule has 1 aromatic heterocycles. The van der Waals surface area contributed by atoms with E-state index < -0.39 is 0 Å². The van der Waals surface area contributed by atoms with Gasteiger partial charge in [-0.1, -0.05) is 18.2 Å². The van der Waals surface area contributed by atoms with Crippen LogP contribution in [0.25, 0.3) is 11.3 Å². The Bertz CT molecular complexity index is 983. The molecular formula is C21H20FN3O2. The number of amides is 1. The van der Waals surface area contributed by atoms with Crippen LogP contribution in [0.3, 0.4) is 0 Å². The molecule has 2 heterocycles. The first-order valence-electron chi connectivity index (χ1n) is 8.90. The topological polar surface area (TPSA) is 58.2 Å². The Hall–Kier alpha value is -3.15. The fraction of sp³-hybridized carbons (Fsp3) is 0.238. The zero-order valence-corrected chi connectivity index (χ0v) is 15.0. The van der Waals surface area contributed by atoms with E-state index in [0.29, 0.717) is 29.9 Å². The molecule has 3 aromatic rings. The lowest BCUT2D eigenvalue weighted by Gasteiger charge is -2.20. The average Bonchev–Trinajstić information content (AvgIpc) is 3.08. The normalized spacial score (nSPS) is 13.8. The van der Waals surface area contributed by atoms with Crippen LogP contribution in [0.5, 0.6) is 5.75 Å². The smallest absolute Gasteiger partial charge is 0.257 e. The maximum absolute atomic E-state index is 14.2. The van der Waals surface area contributed by atoms with Gasteiger partial charge >= 0.3 is 0 Å². The summed E-state index contributed by atoms with van der Waals surface area (Å²) in [6.07, 6.45) is 3.01. The number of benzene rings is 2. The third kappa shape index (κ3) is 3.30. The molecule has 0 unspecified atom stereocenters. The van der Waals surface area contributed by atoms with E-state index in [-0.39, 0.29) is 11.7 Å². The molecule has 0 aliphatic carbocycles. The fourth-order valence-electron chi connectivity index (χ4n) is 3.52. The van der Waals surface area contributed by atoms with Crippen molar-refractivity contribution in [1.82, 2.24) is 15.1 Å². The predicted molar refractivity (Wildman–Crippen MR) is 100 cm³/mol. The number of fused-ring (bicyclic) bond motifs is 1. The summed E-state index contributed by atoms with van der Waals surface area (Å²) < 4.78 is 19.5. The number of H-pyrrole nitrogens is 1. The predicted octanol–water partition coefficient (Wildman–Crippen LogP) is 3.47. The largest absolute Gasteiger partial charge is 0.497 e. The van der Waals surface area contributed by atoms with Gasteiger partial charge in [-0.3, -0.25) is 9.89 Å². The minimum atomic E-state index is -0.383. The van der Waals surface area contributed by atoms with E-state index in [4.69, 9.17) is 4.74 Å². The summed E-state index contributed by atoms with van der Waals surface area (Å²) in [5.74, 6) is 0.304. The van der Waals surface area contributed by atoms with Crippen molar-refractivity contribution < 1.29 is 13.9 Å². The van der Waals surface area contributed by atoms with Gasteiger partial charge in [0.25, 0.3) is 5.91 Å². The van der Waals surface area contributed by atoms with Gasteiger partial charge in [0, 0.05) is 18.7 Å². The van der Waals surface area contributed by atoms with Crippen molar-refractivity contribution >= 4 is 5.91 Å². The summed E-state index contributed by atoms with van der Waals surface area (Å²) in [6.45, 7) is 1.21. The molecular weight excluding hydrogens is 345 g/mol. The number of nitrogens with one attached hydrogen (secondary N) is 1. The van der Waals surface area contributed by atoms with Gasteiger partial charge in [-0.15, -0.1) is 0 Å². The Morgan fingerprint density at radius 1 is 1.15 bits per heavy atom. The minimum Gasteiger partial charge on any atom is -0.497 e. The highest BCUT2D eigenvalue weighted by Gasteiger charge is 2.24. The molecule has 0 fully saturated rings. The Balaban J connectivity index is 1.58. The van der Waals surface area contributed by atoms with Gasteiger partial charge in [-0.05, 0) is 48.2 Å². The lowest BCUT2D eigenvalue weighted by atomic mass is 10.0. The number of nitrogens with zero attached hydrogens (tertiary/aromatic N) is 2. The lowest BCUT2D eigenvalue weighted by Crippen LogP contribution is -2.33. The Kier molecular flexibility index (Phi) is 4.62. The van der Waals surface area contributed by atoms with Gasteiger partial charge < -0.3 is 9.64 Å². The van der Waals surface area contributed by atoms with Crippen LogP contribution in [0.1, 0.15) is 21.5 Å². The summed E-state index contributed by atoms with van der Waals surface area (Å²) in [5.41, 5.74) is 3.59. The summed E-state index contributed by atoms with van der Waals surface area (Å²) in [5, 5.41) is 6.76. The van der Waals surface area contributed by atoms with Crippen LogP contribution in [0.4, 0.5) is 4.39 Å². The van der Waals surface area contributed by atoms with E-state index >= 15 is 0 Å². The third-order valence-corrected chi connectivity index (χ3v) is 5.02. The standard InChI is InChI=1S/C21H20FN3O2/c1-27-16-7-6-14-8-10-25(11-9-15(14)12-16)21(26)18-13-23-24-20(18)17-4-2-3-5-19(17)22/h2-7,12-13H,8-11H2,1H3,(H,23,24). The number of aromatic amines is 1. The molecule has 0 spiro atoms. The summed E-state index contributed by atoms with van der Waals surface area (Å²) in [4.78, 5) is 14.9. The Morgan fingerprint density at radius 2 is 1.93 bits per heavy atom. The minimum absolute atomic E-state index is 0.137. The summed E-state index contributed by atoms with van der Waals surface area (Å²) in [6, 6.07) is 12.4. The van der Waals surface area contributed by atoms with E-state index in [1.807, 2.05) is 17.0 Å². The summed E-state index contributed by atoms with van der Waals surface area (Å²) in [7, 11) is 1.65. The van der Waals surface area contributed by atoms with Crippen LogP contribution in [0.15, 0.2) is 48.7 Å². The van der Waals surface area contributed by atoms with Crippen molar-refractivity contribution in [3.05, 3.63) is 71.2 Å². The maximum atomic E-state index is 14.2. The van der Waals surface area contributed by atoms with Gasteiger partial charge in [0.15, 0.2) is 0 Å². The van der Waals surface area contributed by atoms with Crippen molar-refractivity contribution in [3.8, 4) is 17.0 Å². The van der Waals surface area contributed by atoms with Crippen LogP contribution in [0, 0.1) is 5.82 Å². The van der Waals surface area contributed by atoms with Gasteiger partial charge in [-0.2, -0.15) is 5.10 Å². The molecule has 6 heteroatoms. The first kappa shape index (κ1) is 17.3. The maximum Gasteiger partial charge on any atom is 0.257 e. The van der Waals surface area contributed by atoms with Gasteiger partial charge in [0.05, 0.1) is 24.6 Å². The van der Waals surface area contributed by atoms with Gasteiger partial charge in [0.1, 0.15) is 11.6 Å². The fourth-order valence-corrected chi connectivity index (χ4v) is 3.52. The van der Waals surface area contributed by atoms with Crippen molar-refractivity contribution in [2.24, 2.45) is 0 Å². The number of carbonyl (C=O) groups excluding carboxylic acids is 1. The highest BCUT2D eigenvalue weighted by molar-refractivity contribution is 5.99. The molecule has 0 atom stereocenters. The number of hydrogen-bond donors (Lipinski definition) is 1. The number of aromatic nitrogens is 2. The van der Waals surface area contributed by atoms with Crippen molar-refractivity contribution in [2.75, 3.05) is 20.2 Å². The van der Waals surface area contributed by atoms with Crippen LogP contribution >= 0.6 is 0 Å². The van der Waals surface area contributed by atoms with Crippen LogP contribution in [-0.2, 0) is 12.8 Å². The molecule has 2 aromatic carbocycles. The molecule has 1 aliphatic rings. The molecule has 27 heavy (non-hydrogen) atoms. The second-order valence-electron chi connectivity index (χ2n) is 6.57. The van der Waals surface area contributed by atoms with Crippen LogP contribution < -0.4 is 4.74 Å². The van der Waals surface area contributed by atoms with Crippen molar-refractivity contribution in [2.45, 2.75) is 12.8 Å². The average molecular weight is 365 g/mol. The van der Waals surface area contributed by atoms with Crippen LogP contribution in [-0.4, -0.2) is 41.2 Å².